The summed E-state index contributed by atoms with van der Waals surface area (Å²) >= 11 is 4.95. The van der Waals surface area contributed by atoms with Crippen molar-refractivity contribution in [3.63, 3.8) is 0 Å². The Kier molecular flexibility index (Phi) is 2.63. The molecule has 12 heavy (non-hydrogen) atoms. The summed E-state index contributed by atoms with van der Waals surface area (Å²) in [5.74, 6) is 0. The van der Waals surface area contributed by atoms with E-state index in [4.69, 9.17) is 12.2 Å². The summed E-state index contributed by atoms with van der Waals surface area (Å²) in [5, 5.41) is 1.75. The monoisotopic (exact) mass is 178 g/mol. The van der Waals surface area contributed by atoms with Gasteiger partial charge in [-0.1, -0.05) is 57.3 Å². The Hall–Kier alpha value is -0.690. The van der Waals surface area contributed by atoms with E-state index in [1.54, 1.807) is 5.37 Å². The summed E-state index contributed by atoms with van der Waals surface area (Å²) in [7, 11) is 0. The lowest BCUT2D eigenvalue weighted by Gasteiger charge is -2.20. The van der Waals surface area contributed by atoms with E-state index >= 15 is 0 Å². The van der Waals surface area contributed by atoms with Crippen molar-refractivity contribution in [2.75, 3.05) is 0 Å². The van der Waals surface area contributed by atoms with Crippen LogP contribution in [0.5, 0.6) is 0 Å². The summed E-state index contributed by atoms with van der Waals surface area (Å²) in [6.07, 6.45) is 0. The van der Waals surface area contributed by atoms with Crippen LogP contribution >= 0.6 is 12.2 Å². The zero-order valence-electron chi connectivity index (χ0n) is 7.79. The number of hydrogen-bond acceptors (Lipinski definition) is 1. The smallest absolute Gasteiger partial charge is 0.00890 e. The van der Waals surface area contributed by atoms with Crippen LogP contribution in [-0.2, 0) is 5.41 Å². The lowest BCUT2D eigenvalue weighted by Crippen LogP contribution is -2.13. The molecule has 0 aliphatic heterocycles. The third-order valence-corrected chi connectivity index (χ3v) is 2.15. The van der Waals surface area contributed by atoms with E-state index in [9.17, 15) is 0 Å². The number of hydrogen-bond donors (Lipinski definition) is 0. The number of rotatable bonds is 1. The van der Waals surface area contributed by atoms with Gasteiger partial charge in [0.05, 0.1) is 0 Å². The predicted octanol–water partition coefficient (Wildman–Crippen LogP) is 3.33. The Morgan fingerprint density at radius 2 is 1.75 bits per heavy atom. The van der Waals surface area contributed by atoms with Gasteiger partial charge in [0.2, 0.25) is 0 Å². The molecule has 1 rings (SSSR count). The summed E-state index contributed by atoms with van der Waals surface area (Å²) < 4.78 is 0. The highest BCUT2D eigenvalue weighted by molar-refractivity contribution is 7.79. The van der Waals surface area contributed by atoms with Gasteiger partial charge in [-0.25, -0.2) is 0 Å². The van der Waals surface area contributed by atoms with Crippen LogP contribution in [0.15, 0.2) is 24.3 Å². The molecule has 0 fully saturated rings. The third kappa shape index (κ3) is 1.92. The maximum Gasteiger partial charge on any atom is 0.00890 e. The second-order valence-electron chi connectivity index (χ2n) is 3.96. The first-order chi connectivity index (χ1) is 5.55. The Morgan fingerprint density at radius 1 is 1.17 bits per heavy atom. The lowest BCUT2D eigenvalue weighted by molar-refractivity contribution is 0.589. The molecule has 0 spiro atoms. The van der Waals surface area contributed by atoms with Gasteiger partial charge in [0.25, 0.3) is 0 Å². The summed E-state index contributed by atoms with van der Waals surface area (Å²) in [6.45, 7) is 6.60. The lowest BCUT2D eigenvalue weighted by atomic mass is 9.84. The Labute approximate surface area is 79.6 Å². The first kappa shape index (κ1) is 9.40. The molecule has 0 unspecified atom stereocenters. The van der Waals surface area contributed by atoms with Crippen LogP contribution in [0.2, 0.25) is 0 Å². The van der Waals surface area contributed by atoms with Crippen LogP contribution in [0.25, 0.3) is 0 Å². The molecule has 0 saturated heterocycles. The van der Waals surface area contributed by atoms with Gasteiger partial charge in [-0.05, 0) is 16.5 Å². The standard InChI is InChI=1S/C11H14S/c1-11(2,3)10-7-5-4-6-9(10)8-12/h4-8H,1-3H3. The van der Waals surface area contributed by atoms with Gasteiger partial charge in [0.1, 0.15) is 0 Å². The Balaban J connectivity index is 3.23. The first-order valence-electron chi connectivity index (χ1n) is 4.10. The first-order valence-corrected chi connectivity index (χ1v) is 4.57. The van der Waals surface area contributed by atoms with Gasteiger partial charge in [0.15, 0.2) is 0 Å². The SMILES string of the molecule is CC(C)(C)c1ccccc1C=S. The van der Waals surface area contributed by atoms with E-state index in [0.29, 0.717) is 0 Å². The normalized spacial score (nSPS) is 11.2. The van der Waals surface area contributed by atoms with E-state index in [1.807, 2.05) is 6.07 Å². The van der Waals surface area contributed by atoms with Gasteiger partial charge in [0, 0.05) is 5.37 Å². The molecule has 0 amide bonds. The van der Waals surface area contributed by atoms with Crippen LogP contribution in [0.3, 0.4) is 0 Å². The molecule has 0 bridgehead atoms. The fourth-order valence-corrected chi connectivity index (χ4v) is 1.49. The van der Waals surface area contributed by atoms with Crippen LogP contribution in [0, 0.1) is 0 Å². The molecule has 0 aliphatic carbocycles. The van der Waals surface area contributed by atoms with Crippen molar-refractivity contribution >= 4 is 17.6 Å². The average molecular weight is 178 g/mol. The molecule has 1 heteroatoms. The molecule has 1 aromatic rings. The summed E-state index contributed by atoms with van der Waals surface area (Å²) in [4.78, 5) is 0. The molecule has 0 saturated carbocycles. The molecular formula is C11H14S. The van der Waals surface area contributed by atoms with Crippen molar-refractivity contribution in [3.8, 4) is 0 Å². The second-order valence-corrected chi connectivity index (χ2v) is 4.19. The largest absolute Gasteiger partial charge is 0.0881 e. The summed E-state index contributed by atoms with van der Waals surface area (Å²) in [5.41, 5.74) is 2.67. The Morgan fingerprint density at radius 3 is 2.17 bits per heavy atom. The zero-order valence-corrected chi connectivity index (χ0v) is 8.61. The number of benzene rings is 1. The molecule has 1 aromatic carbocycles. The van der Waals surface area contributed by atoms with Crippen molar-refractivity contribution in [3.05, 3.63) is 35.4 Å². The van der Waals surface area contributed by atoms with Gasteiger partial charge >= 0.3 is 0 Å². The van der Waals surface area contributed by atoms with E-state index in [0.717, 1.165) is 0 Å². The minimum absolute atomic E-state index is 0.186. The molecule has 0 aliphatic rings. The molecule has 0 radical (unpaired) electrons. The van der Waals surface area contributed by atoms with Crippen molar-refractivity contribution in [1.29, 1.82) is 0 Å². The molecule has 0 aromatic heterocycles. The quantitative estimate of drug-likeness (QED) is 0.594. The molecular weight excluding hydrogens is 164 g/mol. The second kappa shape index (κ2) is 3.36. The molecule has 0 nitrogen and oxygen atoms in total. The topological polar surface area (TPSA) is 0 Å². The fourth-order valence-electron chi connectivity index (χ4n) is 1.28. The highest BCUT2D eigenvalue weighted by Crippen LogP contribution is 2.24. The van der Waals surface area contributed by atoms with Crippen molar-refractivity contribution in [1.82, 2.24) is 0 Å². The minimum Gasteiger partial charge on any atom is -0.0881 e. The van der Waals surface area contributed by atoms with E-state index in [2.05, 4.69) is 39.0 Å². The zero-order chi connectivity index (χ0) is 9.19. The van der Waals surface area contributed by atoms with E-state index < -0.39 is 0 Å². The van der Waals surface area contributed by atoms with Gasteiger partial charge in [-0.3, -0.25) is 0 Å². The third-order valence-electron chi connectivity index (χ3n) is 1.90. The predicted molar refractivity (Wildman–Crippen MR) is 57.9 cm³/mol. The van der Waals surface area contributed by atoms with Gasteiger partial charge < -0.3 is 0 Å². The van der Waals surface area contributed by atoms with Crippen LogP contribution in [0.1, 0.15) is 31.9 Å². The van der Waals surface area contributed by atoms with Gasteiger partial charge in [-0.2, -0.15) is 0 Å². The fraction of sp³-hybridized carbons (Fsp3) is 0.364. The van der Waals surface area contributed by atoms with Crippen molar-refractivity contribution in [2.24, 2.45) is 0 Å². The van der Waals surface area contributed by atoms with Crippen molar-refractivity contribution in [2.45, 2.75) is 26.2 Å². The number of thiocarbonyl (C=S) groups is 1. The van der Waals surface area contributed by atoms with Crippen LogP contribution < -0.4 is 0 Å². The van der Waals surface area contributed by atoms with Crippen LogP contribution in [-0.4, -0.2) is 5.37 Å². The van der Waals surface area contributed by atoms with Crippen LogP contribution in [0.4, 0.5) is 0 Å². The average Bonchev–Trinajstić information content (AvgIpc) is 2.03. The molecule has 0 heterocycles. The highest BCUT2D eigenvalue weighted by atomic mass is 32.1. The molecule has 0 atom stereocenters. The maximum atomic E-state index is 4.95. The maximum absolute atomic E-state index is 4.95. The van der Waals surface area contributed by atoms with E-state index in [1.165, 1.54) is 11.1 Å². The highest BCUT2D eigenvalue weighted by Gasteiger charge is 2.15. The van der Waals surface area contributed by atoms with Gasteiger partial charge in [-0.15, -0.1) is 0 Å². The molecule has 64 valence electrons. The minimum atomic E-state index is 0.186. The Bertz CT molecular complexity index is 281. The van der Waals surface area contributed by atoms with Crippen molar-refractivity contribution < 1.29 is 0 Å². The molecule has 0 N–H and O–H groups in total. The van der Waals surface area contributed by atoms with E-state index in [-0.39, 0.29) is 5.41 Å². The summed E-state index contributed by atoms with van der Waals surface area (Å²) in [6, 6.07) is 8.28.